The Labute approximate surface area is 156 Å². The van der Waals surface area contributed by atoms with Gasteiger partial charge in [0, 0.05) is 18.3 Å². The van der Waals surface area contributed by atoms with Crippen LogP contribution in [0.2, 0.25) is 0 Å². The number of Topliss-reactive ketones (excluding diaryl/α,β-unsaturated/α-hetero) is 1. The molecule has 0 saturated carbocycles. The average molecular weight is 367 g/mol. The minimum absolute atomic E-state index is 0.00484. The first-order valence-electron chi connectivity index (χ1n) is 8.68. The standard InChI is InChI=1S/C20H21N3O4/c1-3-23-16(10-11-22-23)12-21-20(25)19-9-8-18(27-19)13-26-17-6-4-15(5-7-17)14(2)24/h4-11H,3,12-13H2,1-2H3,(H,21,25). The van der Waals surface area contributed by atoms with Crippen molar-refractivity contribution in [3.63, 3.8) is 0 Å². The number of ketones is 1. The van der Waals surface area contributed by atoms with Crippen LogP contribution in [-0.4, -0.2) is 21.5 Å². The quantitative estimate of drug-likeness (QED) is 0.618. The number of nitrogens with one attached hydrogen (secondary N) is 1. The van der Waals surface area contributed by atoms with Crippen molar-refractivity contribution in [2.24, 2.45) is 0 Å². The zero-order valence-corrected chi connectivity index (χ0v) is 15.3. The first kappa shape index (κ1) is 18.4. The third-order valence-corrected chi connectivity index (χ3v) is 4.06. The maximum atomic E-state index is 12.2. The Hall–Kier alpha value is -3.35. The molecule has 3 aromatic rings. The van der Waals surface area contributed by atoms with Crippen molar-refractivity contribution in [1.29, 1.82) is 0 Å². The Balaban J connectivity index is 1.53. The molecule has 3 rings (SSSR count). The number of aryl methyl sites for hydroxylation is 1. The molecule has 1 N–H and O–H groups in total. The van der Waals surface area contributed by atoms with Crippen molar-refractivity contribution in [2.45, 2.75) is 33.5 Å². The highest BCUT2D eigenvalue weighted by atomic mass is 16.5. The van der Waals surface area contributed by atoms with Gasteiger partial charge >= 0.3 is 0 Å². The molecule has 0 unspecified atom stereocenters. The summed E-state index contributed by atoms with van der Waals surface area (Å²) in [6, 6.07) is 12.1. The Morgan fingerprint density at radius 3 is 2.63 bits per heavy atom. The highest BCUT2D eigenvalue weighted by molar-refractivity contribution is 5.94. The second-order valence-corrected chi connectivity index (χ2v) is 5.96. The Kier molecular flexibility index (Phi) is 5.71. The summed E-state index contributed by atoms with van der Waals surface area (Å²) in [7, 11) is 0. The maximum absolute atomic E-state index is 12.2. The normalized spacial score (nSPS) is 10.6. The number of rotatable bonds is 8. The smallest absolute Gasteiger partial charge is 0.287 e. The number of carbonyl (C=O) groups is 2. The number of nitrogens with zero attached hydrogens (tertiary/aromatic N) is 2. The summed E-state index contributed by atoms with van der Waals surface area (Å²) in [5.41, 5.74) is 1.55. The van der Waals surface area contributed by atoms with Crippen LogP contribution in [0.15, 0.2) is 53.1 Å². The van der Waals surface area contributed by atoms with E-state index in [0.717, 1.165) is 12.2 Å². The van der Waals surface area contributed by atoms with Crippen LogP contribution < -0.4 is 10.1 Å². The van der Waals surface area contributed by atoms with E-state index < -0.39 is 0 Å². The molecule has 1 amide bonds. The van der Waals surface area contributed by atoms with Crippen molar-refractivity contribution in [2.75, 3.05) is 0 Å². The van der Waals surface area contributed by atoms with Crippen LogP contribution in [0.5, 0.6) is 5.75 Å². The lowest BCUT2D eigenvalue weighted by Crippen LogP contribution is -2.23. The SMILES string of the molecule is CCn1nccc1CNC(=O)c1ccc(COc2ccc(C(C)=O)cc2)o1. The van der Waals surface area contributed by atoms with E-state index in [4.69, 9.17) is 9.15 Å². The molecule has 0 aliphatic rings. The monoisotopic (exact) mass is 367 g/mol. The molecule has 0 spiro atoms. The number of aromatic nitrogens is 2. The highest BCUT2D eigenvalue weighted by Gasteiger charge is 2.12. The maximum Gasteiger partial charge on any atom is 0.287 e. The summed E-state index contributed by atoms with van der Waals surface area (Å²) in [6.07, 6.45) is 1.70. The number of hydrogen-bond donors (Lipinski definition) is 1. The fourth-order valence-corrected chi connectivity index (χ4v) is 2.57. The number of carbonyl (C=O) groups excluding carboxylic acids is 2. The van der Waals surface area contributed by atoms with E-state index >= 15 is 0 Å². The van der Waals surface area contributed by atoms with Crippen molar-refractivity contribution in [3.05, 3.63) is 71.4 Å². The van der Waals surface area contributed by atoms with Crippen LogP contribution in [0.3, 0.4) is 0 Å². The first-order valence-corrected chi connectivity index (χ1v) is 8.68. The number of benzene rings is 1. The number of amides is 1. The van der Waals surface area contributed by atoms with Gasteiger partial charge in [0.05, 0.1) is 12.2 Å². The van der Waals surface area contributed by atoms with Gasteiger partial charge in [-0.25, -0.2) is 0 Å². The lowest BCUT2D eigenvalue weighted by Gasteiger charge is -2.06. The van der Waals surface area contributed by atoms with Crippen LogP contribution in [0, 0.1) is 0 Å². The summed E-state index contributed by atoms with van der Waals surface area (Å²) in [6.45, 7) is 4.82. The molecule has 7 heteroatoms. The van der Waals surface area contributed by atoms with Crippen LogP contribution >= 0.6 is 0 Å². The lowest BCUT2D eigenvalue weighted by molar-refractivity contribution is 0.0917. The minimum atomic E-state index is -0.295. The molecule has 7 nitrogen and oxygen atoms in total. The van der Waals surface area contributed by atoms with Crippen molar-refractivity contribution >= 4 is 11.7 Å². The molecule has 0 aliphatic heterocycles. The van der Waals surface area contributed by atoms with Crippen LogP contribution in [0.1, 0.15) is 46.2 Å². The summed E-state index contributed by atoms with van der Waals surface area (Å²) >= 11 is 0. The van der Waals surface area contributed by atoms with Crippen LogP contribution in [-0.2, 0) is 19.7 Å². The third-order valence-electron chi connectivity index (χ3n) is 4.06. The Bertz CT molecular complexity index is 925. The van der Waals surface area contributed by atoms with E-state index in [-0.39, 0.29) is 24.1 Å². The van der Waals surface area contributed by atoms with Gasteiger partial charge in [0.15, 0.2) is 11.5 Å². The molecule has 140 valence electrons. The zero-order chi connectivity index (χ0) is 19.2. The predicted octanol–water partition coefficient (Wildman–Crippen LogP) is 3.21. The fraction of sp³-hybridized carbons (Fsp3) is 0.250. The molecule has 2 heterocycles. The Morgan fingerprint density at radius 1 is 1.15 bits per heavy atom. The van der Waals surface area contributed by atoms with Crippen molar-refractivity contribution in [3.8, 4) is 5.75 Å². The van der Waals surface area contributed by atoms with E-state index in [2.05, 4.69) is 10.4 Å². The van der Waals surface area contributed by atoms with Gasteiger partial charge in [-0.05, 0) is 56.3 Å². The number of furan rings is 1. The van der Waals surface area contributed by atoms with Gasteiger partial charge in [-0.3, -0.25) is 14.3 Å². The first-order chi connectivity index (χ1) is 13.1. The van der Waals surface area contributed by atoms with E-state index in [0.29, 0.717) is 23.6 Å². The zero-order valence-electron chi connectivity index (χ0n) is 15.3. The number of hydrogen-bond acceptors (Lipinski definition) is 5. The second-order valence-electron chi connectivity index (χ2n) is 5.96. The molecule has 0 radical (unpaired) electrons. The highest BCUT2D eigenvalue weighted by Crippen LogP contribution is 2.16. The summed E-state index contributed by atoms with van der Waals surface area (Å²) in [4.78, 5) is 23.5. The molecule has 0 aliphatic carbocycles. The topological polar surface area (TPSA) is 86.4 Å². The van der Waals surface area contributed by atoms with Gasteiger partial charge in [0.2, 0.25) is 0 Å². The van der Waals surface area contributed by atoms with Crippen LogP contribution in [0.25, 0.3) is 0 Å². The lowest BCUT2D eigenvalue weighted by atomic mass is 10.1. The van der Waals surface area contributed by atoms with Gasteiger partial charge in [-0.2, -0.15) is 5.10 Å². The van der Waals surface area contributed by atoms with E-state index in [9.17, 15) is 9.59 Å². The molecule has 0 bridgehead atoms. The summed E-state index contributed by atoms with van der Waals surface area (Å²) in [5, 5.41) is 6.98. The third kappa shape index (κ3) is 4.63. The molecule has 0 fully saturated rings. The summed E-state index contributed by atoms with van der Waals surface area (Å²) in [5.74, 6) is 1.09. The largest absolute Gasteiger partial charge is 0.486 e. The van der Waals surface area contributed by atoms with Crippen LogP contribution in [0.4, 0.5) is 0 Å². The predicted molar refractivity (Wildman–Crippen MR) is 98.6 cm³/mol. The molecule has 2 aromatic heterocycles. The van der Waals surface area contributed by atoms with Gasteiger partial charge in [0.1, 0.15) is 18.1 Å². The minimum Gasteiger partial charge on any atom is -0.486 e. The van der Waals surface area contributed by atoms with Gasteiger partial charge < -0.3 is 14.5 Å². The molecular formula is C20H21N3O4. The van der Waals surface area contributed by atoms with Gasteiger partial charge in [-0.15, -0.1) is 0 Å². The van der Waals surface area contributed by atoms with E-state index in [1.165, 1.54) is 6.92 Å². The van der Waals surface area contributed by atoms with Gasteiger partial charge in [0.25, 0.3) is 5.91 Å². The second kappa shape index (κ2) is 8.35. The molecule has 1 aromatic carbocycles. The molecular weight excluding hydrogens is 346 g/mol. The summed E-state index contributed by atoms with van der Waals surface area (Å²) < 4.78 is 13.0. The molecule has 0 saturated heterocycles. The average Bonchev–Trinajstić information content (AvgIpc) is 3.33. The van der Waals surface area contributed by atoms with E-state index in [1.54, 1.807) is 42.6 Å². The van der Waals surface area contributed by atoms with E-state index in [1.807, 2.05) is 17.7 Å². The van der Waals surface area contributed by atoms with Crippen molar-refractivity contribution in [1.82, 2.24) is 15.1 Å². The fourth-order valence-electron chi connectivity index (χ4n) is 2.57. The van der Waals surface area contributed by atoms with Gasteiger partial charge in [-0.1, -0.05) is 0 Å². The molecule has 27 heavy (non-hydrogen) atoms. The Morgan fingerprint density at radius 2 is 1.93 bits per heavy atom. The molecule has 0 atom stereocenters. The van der Waals surface area contributed by atoms with Crippen molar-refractivity contribution < 1.29 is 18.7 Å². The number of ether oxygens (including phenoxy) is 1.